The molecule has 0 saturated carbocycles. The average molecular weight is 457 g/mol. The standard InChI is InChI=1S/C25H22F3NO4/c26-25(27,28)18-9-11-19(12-10-18)29-22(21(31)15-6-16-4-2-1-3-5-16)23(33-24(29)32)17-7-13-20(30)14-8-17/h1-5,7-14,21-23,30-31H,6,15H2/t21-,22+,23-/m0/s1. The van der Waals surface area contributed by atoms with Crippen LogP contribution in [0, 0.1) is 0 Å². The van der Waals surface area contributed by atoms with Gasteiger partial charge in [-0.1, -0.05) is 42.5 Å². The van der Waals surface area contributed by atoms with Gasteiger partial charge in [-0.3, -0.25) is 4.90 Å². The van der Waals surface area contributed by atoms with Gasteiger partial charge in [-0.05, 0) is 60.4 Å². The van der Waals surface area contributed by atoms with Crippen LogP contribution in [0.4, 0.5) is 23.7 Å². The van der Waals surface area contributed by atoms with Crippen molar-refractivity contribution in [3.05, 3.63) is 95.6 Å². The van der Waals surface area contributed by atoms with Gasteiger partial charge >= 0.3 is 12.3 Å². The van der Waals surface area contributed by atoms with Gasteiger partial charge in [0.2, 0.25) is 0 Å². The molecule has 1 fully saturated rings. The highest BCUT2D eigenvalue weighted by Gasteiger charge is 2.47. The van der Waals surface area contributed by atoms with Crippen molar-refractivity contribution in [3.63, 3.8) is 0 Å². The zero-order valence-corrected chi connectivity index (χ0v) is 17.4. The Balaban J connectivity index is 1.65. The number of phenolic OH excluding ortho intramolecular Hbond substituents is 1. The third-order valence-electron chi connectivity index (χ3n) is 5.69. The van der Waals surface area contributed by atoms with Gasteiger partial charge in [0, 0.05) is 5.69 Å². The molecule has 0 aliphatic carbocycles. The number of aromatic hydroxyl groups is 1. The zero-order valence-electron chi connectivity index (χ0n) is 17.4. The number of rotatable bonds is 6. The minimum Gasteiger partial charge on any atom is -0.508 e. The molecule has 1 aliphatic heterocycles. The lowest BCUT2D eigenvalue weighted by atomic mass is 9.93. The SMILES string of the molecule is O=C1O[C@@H](c2ccc(O)cc2)[C@@H]([C@@H](O)CCc2ccccc2)N1c1ccc(C(F)(F)F)cc1. The molecule has 3 aromatic rings. The van der Waals surface area contributed by atoms with Gasteiger partial charge in [-0.2, -0.15) is 13.2 Å². The van der Waals surface area contributed by atoms with Crippen molar-refractivity contribution >= 4 is 11.8 Å². The maximum absolute atomic E-state index is 13.0. The zero-order chi connectivity index (χ0) is 23.6. The number of anilines is 1. The molecule has 1 amide bonds. The van der Waals surface area contributed by atoms with Crippen molar-refractivity contribution in [1.82, 2.24) is 0 Å². The van der Waals surface area contributed by atoms with Crippen LogP contribution in [-0.4, -0.2) is 28.5 Å². The van der Waals surface area contributed by atoms with E-state index < -0.39 is 36.1 Å². The monoisotopic (exact) mass is 457 g/mol. The predicted molar refractivity (Wildman–Crippen MR) is 116 cm³/mol. The summed E-state index contributed by atoms with van der Waals surface area (Å²) >= 11 is 0. The molecule has 33 heavy (non-hydrogen) atoms. The minimum atomic E-state index is -4.51. The van der Waals surface area contributed by atoms with Crippen LogP contribution in [-0.2, 0) is 17.3 Å². The molecular weight excluding hydrogens is 435 g/mol. The van der Waals surface area contributed by atoms with Gasteiger partial charge in [0.05, 0.1) is 11.7 Å². The number of carbonyl (C=O) groups excluding carboxylic acids is 1. The summed E-state index contributed by atoms with van der Waals surface area (Å²) in [5, 5.41) is 20.7. The molecule has 172 valence electrons. The summed E-state index contributed by atoms with van der Waals surface area (Å²) in [5.74, 6) is 0.0313. The van der Waals surface area contributed by atoms with E-state index in [0.717, 1.165) is 17.7 Å². The average Bonchev–Trinajstić information content (AvgIpc) is 3.15. The fourth-order valence-corrected chi connectivity index (χ4v) is 4.01. The molecule has 3 aromatic carbocycles. The van der Waals surface area contributed by atoms with E-state index >= 15 is 0 Å². The molecule has 0 aromatic heterocycles. The molecular formula is C25H22F3NO4. The number of amides is 1. The lowest BCUT2D eigenvalue weighted by Crippen LogP contribution is -2.43. The number of cyclic esters (lactones) is 1. The van der Waals surface area contributed by atoms with Crippen LogP contribution in [0.3, 0.4) is 0 Å². The topological polar surface area (TPSA) is 70.0 Å². The molecule has 8 heteroatoms. The lowest BCUT2D eigenvalue weighted by Gasteiger charge is -2.29. The molecule has 0 spiro atoms. The number of halogens is 3. The third kappa shape index (κ3) is 4.96. The first-order chi connectivity index (χ1) is 15.7. The Kier molecular flexibility index (Phi) is 6.29. The van der Waals surface area contributed by atoms with Crippen LogP contribution in [0.25, 0.3) is 0 Å². The van der Waals surface area contributed by atoms with Crippen LogP contribution in [0.1, 0.15) is 29.2 Å². The number of alkyl halides is 3. The maximum atomic E-state index is 13.0. The molecule has 0 bridgehead atoms. The van der Waals surface area contributed by atoms with Gasteiger partial charge in [0.15, 0.2) is 6.10 Å². The molecule has 1 aliphatic rings. The number of phenols is 1. The van der Waals surface area contributed by atoms with Crippen LogP contribution in [0.2, 0.25) is 0 Å². The molecule has 5 nitrogen and oxygen atoms in total. The largest absolute Gasteiger partial charge is 0.508 e. The van der Waals surface area contributed by atoms with Crippen LogP contribution >= 0.6 is 0 Å². The Morgan fingerprint density at radius 2 is 1.58 bits per heavy atom. The molecule has 0 radical (unpaired) electrons. The van der Waals surface area contributed by atoms with E-state index in [1.165, 1.54) is 29.2 Å². The fraction of sp³-hybridized carbons (Fsp3) is 0.240. The van der Waals surface area contributed by atoms with Gasteiger partial charge < -0.3 is 14.9 Å². The quantitative estimate of drug-likeness (QED) is 0.515. The highest BCUT2D eigenvalue weighted by molar-refractivity contribution is 5.91. The third-order valence-corrected chi connectivity index (χ3v) is 5.69. The molecule has 0 unspecified atom stereocenters. The summed E-state index contributed by atoms with van der Waals surface area (Å²) in [7, 11) is 0. The molecule has 4 rings (SSSR count). The van der Waals surface area contributed by atoms with Crippen molar-refractivity contribution < 1.29 is 32.9 Å². The summed E-state index contributed by atoms with van der Waals surface area (Å²) in [6.07, 6.45) is -6.33. The first-order valence-corrected chi connectivity index (χ1v) is 10.4. The summed E-state index contributed by atoms with van der Waals surface area (Å²) in [4.78, 5) is 14.0. The van der Waals surface area contributed by atoms with E-state index in [0.29, 0.717) is 18.4 Å². The summed E-state index contributed by atoms with van der Waals surface area (Å²) in [5.41, 5.74) is 0.913. The summed E-state index contributed by atoms with van der Waals surface area (Å²) in [6, 6.07) is 18.9. The van der Waals surface area contributed by atoms with E-state index in [9.17, 15) is 28.2 Å². The fourth-order valence-electron chi connectivity index (χ4n) is 4.01. The van der Waals surface area contributed by atoms with Crippen molar-refractivity contribution in [2.45, 2.75) is 37.3 Å². The van der Waals surface area contributed by atoms with Gasteiger partial charge in [0.1, 0.15) is 11.8 Å². The second kappa shape index (κ2) is 9.15. The van der Waals surface area contributed by atoms with Crippen molar-refractivity contribution in [2.24, 2.45) is 0 Å². The van der Waals surface area contributed by atoms with E-state index in [2.05, 4.69) is 0 Å². The molecule has 1 saturated heterocycles. The van der Waals surface area contributed by atoms with Crippen molar-refractivity contribution in [1.29, 1.82) is 0 Å². The van der Waals surface area contributed by atoms with Gasteiger partial charge in [-0.15, -0.1) is 0 Å². The summed E-state index contributed by atoms with van der Waals surface area (Å²) in [6.45, 7) is 0. The Hall–Kier alpha value is -3.52. The number of nitrogens with zero attached hydrogens (tertiary/aromatic N) is 1. The number of ether oxygens (including phenoxy) is 1. The van der Waals surface area contributed by atoms with Crippen molar-refractivity contribution in [3.8, 4) is 5.75 Å². The van der Waals surface area contributed by atoms with E-state index in [-0.39, 0.29) is 11.4 Å². The van der Waals surface area contributed by atoms with Gasteiger partial charge in [-0.25, -0.2) is 4.79 Å². The van der Waals surface area contributed by atoms with E-state index in [1.807, 2.05) is 30.3 Å². The first-order valence-electron chi connectivity index (χ1n) is 10.4. The number of aliphatic hydroxyl groups is 1. The molecule has 3 atom stereocenters. The second-order valence-corrected chi connectivity index (χ2v) is 7.89. The number of carbonyl (C=O) groups is 1. The van der Waals surface area contributed by atoms with Gasteiger partial charge in [0.25, 0.3) is 0 Å². The van der Waals surface area contributed by atoms with Crippen molar-refractivity contribution in [2.75, 3.05) is 4.90 Å². The number of aryl methyl sites for hydroxylation is 1. The van der Waals surface area contributed by atoms with Crippen LogP contribution < -0.4 is 4.90 Å². The van der Waals surface area contributed by atoms with Crippen LogP contribution in [0.5, 0.6) is 5.75 Å². The number of benzene rings is 3. The maximum Gasteiger partial charge on any atom is 0.416 e. The highest BCUT2D eigenvalue weighted by atomic mass is 19.4. The highest BCUT2D eigenvalue weighted by Crippen LogP contribution is 2.40. The van der Waals surface area contributed by atoms with E-state index in [4.69, 9.17) is 4.74 Å². The lowest BCUT2D eigenvalue weighted by molar-refractivity contribution is -0.137. The molecule has 1 heterocycles. The first kappa shape index (κ1) is 22.7. The molecule has 2 N–H and O–H groups in total. The smallest absolute Gasteiger partial charge is 0.416 e. The Labute approximate surface area is 188 Å². The van der Waals surface area contributed by atoms with E-state index in [1.54, 1.807) is 12.1 Å². The number of hydrogen-bond acceptors (Lipinski definition) is 4. The Morgan fingerprint density at radius 3 is 2.18 bits per heavy atom. The Bertz CT molecular complexity index is 1090. The second-order valence-electron chi connectivity index (χ2n) is 7.89. The minimum absolute atomic E-state index is 0.0313. The summed E-state index contributed by atoms with van der Waals surface area (Å²) < 4.78 is 44.5. The number of hydrogen-bond donors (Lipinski definition) is 2. The van der Waals surface area contributed by atoms with Crippen LogP contribution in [0.15, 0.2) is 78.9 Å². The number of aliphatic hydroxyl groups excluding tert-OH is 1. The normalized spacial score (nSPS) is 19.4. The predicted octanol–water partition coefficient (Wildman–Crippen LogP) is 5.47. The Morgan fingerprint density at radius 1 is 0.939 bits per heavy atom.